The van der Waals surface area contributed by atoms with Gasteiger partial charge in [-0.2, -0.15) is 0 Å². The summed E-state index contributed by atoms with van der Waals surface area (Å²) in [6, 6.07) is 8.01. The number of hydrogen-bond acceptors (Lipinski definition) is 5. The van der Waals surface area contributed by atoms with Crippen LogP contribution in [0.5, 0.6) is 0 Å². The molecule has 0 amide bonds. The van der Waals surface area contributed by atoms with E-state index >= 15 is 0 Å². The van der Waals surface area contributed by atoms with Crippen LogP contribution in [0.25, 0.3) is 5.69 Å². The smallest absolute Gasteiger partial charge is 0.143 e. The molecule has 102 valence electrons. The second kappa shape index (κ2) is 5.79. The summed E-state index contributed by atoms with van der Waals surface area (Å²) in [6.07, 6.45) is 1.58. The molecule has 1 heterocycles. The van der Waals surface area contributed by atoms with Gasteiger partial charge in [0.1, 0.15) is 6.33 Å². The van der Waals surface area contributed by atoms with Crippen LogP contribution >= 0.6 is 0 Å². The van der Waals surface area contributed by atoms with Gasteiger partial charge < -0.3 is 10.6 Å². The lowest BCUT2D eigenvalue weighted by Gasteiger charge is -2.20. The third kappa shape index (κ3) is 4.33. The van der Waals surface area contributed by atoms with E-state index in [-0.39, 0.29) is 5.54 Å². The van der Waals surface area contributed by atoms with Crippen LogP contribution in [0.1, 0.15) is 20.8 Å². The summed E-state index contributed by atoms with van der Waals surface area (Å²) >= 11 is 0. The van der Waals surface area contributed by atoms with Crippen LogP contribution in [0.4, 0.5) is 5.69 Å². The van der Waals surface area contributed by atoms with Gasteiger partial charge in [0.25, 0.3) is 0 Å². The molecule has 0 saturated heterocycles. The Balaban J connectivity index is 1.83. The Bertz CT molecular complexity index is 483. The second-order valence-corrected chi connectivity index (χ2v) is 5.40. The average Bonchev–Trinajstić information content (AvgIpc) is 2.88. The zero-order valence-corrected chi connectivity index (χ0v) is 11.6. The molecule has 0 fully saturated rings. The molecule has 19 heavy (non-hydrogen) atoms. The van der Waals surface area contributed by atoms with E-state index in [1.165, 1.54) is 0 Å². The first kappa shape index (κ1) is 13.5. The first-order chi connectivity index (χ1) is 9.04. The van der Waals surface area contributed by atoms with Gasteiger partial charge in [-0.15, -0.1) is 5.10 Å². The lowest BCUT2D eigenvalue weighted by Crippen LogP contribution is -2.38. The van der Waals surface area contributed by atoms with Crippen molar-refractivity contribution in [2.24, 2.45) is 0 Å². The molecular formula is C13H20N6. The molecule has 0 spiro atoms. The minimum atomic E-state index is 0.158. The summed E-state index contributed by atoms with van der Waals surface area (Å²) in [5, 5.41) is 17.9. The number of nitrogens with one attached hydrogen (secondary N) is 2. The highest BCUT2D eigenvalue weighted by atomic mass is 15.5. The Kier molecular flexibility index (Phi) is 4.11. The lowest BCUT2D eigenvalue weighted by atomic mass is 10.1. The molecule has 0 radical (unpaired) electrons. The highest BCUT2D eigenvalue weighted by molar-refractivity contribution is 5.48. The van der Waals surface area contributed by atoms with Gasteiger partial charge in [0.05, 0.1) is 5.69 Å². The van der Waals surface area contributed by atoms with E-state index in [0.29, 0.717) is 0 Å². The summed E-state index contributed by atoms with van der Waals surface area (Å²) in [5.74, 6) is 0. The quantitative estimate of drug-likeness (QED) is 0.797. The van der Waals surface area contributed by atoms with Crippen LogP contribution in [-0.2, 0) is 0 Å². The summed E-state index contributed by atoms with van der Waals surface area (Å²) in [5.41, 5.74) is 2.20. The minimum Gasteiger partial charge on any atom is -0.384 e. The Morgan fingerprint density at radius 3 is 2.42 bits per heavy atom. The largest absolute Gasteiger partial charge is 0.384 e. The van der Waals surface area contributed by atoms with Crippen molar-refractivity contribution in [3.8, 4) is 5.69 Å². The van der Waals surface area contributed by atoms with Gasteiger partial charge in [-0.1, -0.05) is 0 Å². The number of hydrogen-bond donors (Lipinski definition) is 2. The molecule has 0 bridgehead atoms. The van der Waals surface area contributed by atoms with Crippen LogP contribution in [0.15, 0.2) is 30.6 Å². The fourth-order valence-corrected chi connectivity index (χ4v) is 1.66. The highest BCUT2D eigenvalue weighted by Gasteiger charge is 2.06. The molecular weight excluding hydrogens is 240 g/mol. The fourth-order valence-electron chi connectivity index (χ4n) is 1.66. The van der Waals surface area contributed by atoms with Crippen molar-refractivity contribution in [1.29, 1.82) is 0 Å². The molecule has 6 heteroatoms. The Morgan fingerprint density at radius 1 is 1.11 bits per heavy atom. The maximum atomic E-state index is 3.84. The van der Waals surface area contributed by atoms with Crippen molar-refractivity contribution < 1.29 is 0 Å². The molecule has 2 N–H and O–H groups in total. The van der Waals surface area contributed by atoms with E-state index in [4.69, 9.17) is 0 Å². The zero-order valence-electron chi connectivity index (χ0n) is 11.6. The van der Waals surface area contributed by atoms with Crippen LogP contribution in [0, 0.1) is 0 Å². The van der Waals surface area contributed by atoms with Gasteiger partial charge in [-0.3, -0.25) is 0 Å². The molecule has 0 aliphatic carbocycles. The van der Waals surface area contributed by atoms with E-state index in [9.17, 15) is 0 Å². The monoisotopic (exact) mass is 260 g/mol. The number of tetrazole rings is 1. The summed E-state index contributed by atoms with van der Waals surface area (Å²) in [6.45, 7) is 8.30. The predicted octanol–water partition coefficient (Wildman–Crippen LogP) is 1.46. The van der Waals surface area contributed by atoms with Crippen molar-refractivity contribution in [1.82, 2.24) is 25.5 Å². The van der Waals surface area contributed by atoms with Gasteiger partial charge in [-0.05, 0) is 55.5 Å². The first-order valence-electron chi connectivity index (χ1n) is 6.37. The third-order valence-electron chi connectivity index (χ3n) is 2.59. The number of aromatic nitrogens is 4. The van der Waals surface area contributed by atoms with Gasteiger partial charge >= 0.3 is 0 Å². The number of anilines is 1. The third-order valence-corrected chi connectivity index (χ3v) is 2.59. The van der Waals surface area contributed by atoms with Crippen molar-refractivity contribution in [2.45, 2.75) is 26.3 Å². The topological polar surface area (TPSA) is 67.7 Å². The Hall–Kier alpha value is -1.95. The average molecular weight is 260 g/mol. The number of benzene rings is 1. The molecule has 1 aromatic carbocycles. The standard InChI is InChI=1S/C13H20N6/c1-13(2,3)15-9-8-14-11-4-6-12(7-5-11)19-10-16-17-18-19/h4-7,10,14-15H,8-9H2,1-3H3. The zero-order chi connectivity index (χ0) is 13.7. The lowest BCUT2D eigenvalue weighted by molar-refractivity contribution is 0.435. The molecule has 0 atom stereocenters. The van der Waals surface area contributed by atoms with Gasteiger partial charge in [0.15, 0.2) is 0 Å². The van der Waals surface area contributed by atoms with E-state index in [1.807, 2.05) is 24.3 Å². The van der Waals surface area contributed by atoms with E-state index < -0.39 is 0 Å². The van der Waals surface area contributed by atoms with Crippen molar-refractivity contribution in [3.63, 3.8) is 0 Å². The molecule has 2 rings (SSSR count). The number of nitrogens with zero attached hydrogens (tertiary/aromatic N) is 4. The predicted molar refractivity (Wildman–Crippen MR) is 75.4 cm³/mol. The molecule has 1 aromatic heterocycles. The summed E-state index contributed by atoms with van der Waals surface area (Å²) < 4.78 is 1.63. The maximum absolute atomic E-state index is 3.84. The van der Waals surface area contributed by atoms with Crippen LogP contribution in [-0.4, -0.2) is 38.8 Å². The molecule has 0 aliphatic heterocycles. The summed E-state index contributed by atoms with van der Waals surface area (Å²) in [7, 11) is 0. The Labute approximate surface area is 113 Å². The molecule has 2 aromatic rings. The van der Waals surface area contributed by atoms with E-state index in [2.05, 4.69) is 46.9 Å². The first-order valence-corrected chi connectivity index (χ1v) is 6.37. The maximum Gasteiger partial charge on any atom is 0.143 e. The normalized spacial score (nSPS) is 11.5. The fraction of sp³-hybridized carbons (Fsp3) is 0.462. The van der Waals surface area contributed by atoms with Crippen LogP contribution in [0.3, 0.4) is 0 Å². The number of rotatable bonds is 5. The van der Waals surface area contributed by atoms with Crippen LogP contribution in [0.2, 0.25) is 0 Å². The van der Waals surface area contributed by atoms with Gasteiger partial charge in [0, 0.05) is 24.3 Å². The SMILES string of the molecule is CC(C)(C)NCCNc1ccc(-n2cnnn2)cc1. The molecule has 0 unspecified atom stereocenters. The van der Waals surface area contributed by atoms with Crippen LogP contribution < -0.4 is 10.6 Å². The second-order valence-electron chi connectivity index (χ2n) is 5.40. The van der Waals surface area contributed by atoms with E-state index in [0.717, 1.165) is 24.5 Å². The summed E-state index contributed by atoms with van der Waals surface area (Å²) in [4.78, 5) is 0. The van der Waals surface area contributed by atoms with Crippen molar-refractivity contribution in [2.75, 3.05) is 18.4 Å². The molecule has 0 saturated carbocycles. The van der Waals surface area contributed by atoms with Gasteiger partial charge in [-0.25, -0.2) is 4.68 Å². The van der Waals surface area contributed by atoms with Crippen molar-refractivity contribution >= 4 is 5.69 Å². The van der Waals surface area contributed by atoms with E-state index in [1.54, 1.807) is 11.0 Å². The molecule has 0 aliphatic rings. The highest BCUT2D eigenvalue weighted by Crippen LogP contribution is 2.11. The molecule has 6 nitrogen and oxygen atoms in total. The van der Waals surface area contributed by atoms with Crippen molar-refractivity contribution in [3.05, 3.63) is 30.6 Å². The van der Waals surface area contributed by atoms with Gasteiger partial charge in [0.2, 0.25) is 0 Å². The minimum absolute atomic E-state index is 0.158. The Morgan fingerprint density at radius 2 is 1.84 bits per heavy atom.